The van der Waals surface area contributed by atoms with E-state index in [1.165, 1.54) is 34.2 Å². The van der Waals surface area contributed by atoms with Gasteiger partial charge in [-0.25, -0.2) is 0 Å². The van der Waals surface area contributed by atoms with Gasteiger partial charge < -0.3 is 0 Å². The summed E-state index contributed by atoms with van der Waals surface area (Å²) >= 11 is 6.03. The van der Waals surface area contributed by atoms with Crippen LogP contribution in [0.2, 0.25) is 0 Å². The third-order valence-electron chi connectivity index (χ3n) is 1.44. The number of hydrogen-bond acceptors (Lipinski definition) is 3. The smallest absolute Gasteiger partial charge is 0.0138 e. The lowest BCUT2D eigenvalue weighted by Crippen LogP contribution is -1.92. The molecule has 0 amide bonds. The van der Waals surface area contributed by atoms with Gasteiger partial charge in [-0.2, -0.15) is 35.3 Å². The molecule has 0 rings (SSSR count). The highest BCUT2D eigenvalue weighted by molar-refractivity contribution is 8.04. The Morgan fingerprint density at radius 1 is 0.733 bits per heavy atom. The highest BCUT2D eigenvalue weighted by Crippen LogP contribution is 2.12. The average Bonchev–Trinajstić information content (AvgIpc) is 2.14. The molecule has 0 saturated heterocycles. The third-order valence-corrected chi connectivity index (χ3v) is 5.32. The topological polar surface area (TPSA) is 0 Å². The van der Waals surface area contributed by atoms with E-state index in [2.05, 4.69) is 38.8 Å². The van der Waals surface area contributed by atoms with Crippen LogP contribution in [0.4, 0.5) is 0 Å². The van der Waals surface area contributed by atoms with Crippen molar-refractivity contribution in [3.8, 4) is 0 Å². The van der Waals surface area contributed by atoms with Crippen LogP contribution in [0, 0.1) is 0 Å². The molecule has 0 fully saturated rings. The molecule has 0 spiro atoms. The molecule has 0 saturated carbocycles. The van der Waals surface area contributed by atoms with Crippen LogP contribution in [-0.4, -0.2) is 34.5 Å². The summed E-state index contributed by atoms with van der Waals surface area (Å²) < 4.78 is 0. The summed E-state index contributed by atoms with van der Waals surface area (Å²) in [7, 11) is 0. The van der Waals surface area contributed by atoms with Gasteiger partial charge in [-0.15, -0.1) is 0 Å². The molecule has 0 unspecified atom stereocenters. The zero-order chi connectivity index (χ0) is 11.5. The van der Waals surface area contributed by atoms with Crippen molar-refractivity contribution < 1.29 is 0 Å². The normalized spacial score (nSPS) is 10.3. The molecule has 0 bridgehead atoms. The monoisotopic (exact) mass is 262 g/mol. The van der Waals surface area contributed by atoms with E-state index in [1.54, 1.807) is 0 Å². The van der Waals surface area contributed by atoms with Crippen LogP contribution in [0.3, 0.4) is 0 Å². The summed E-state index contributed by atoms with van der Waals surface area (Å²) in [6.45, 7) is 12.0. The molecule has 0 aromatic heterocycles. The lowest BCUT2D eigenvalue weighted by Gasteiger charge is -2.02. The van der Waals surface area contributed by atoms with Gasteiger partial charge in [0.15, 0.2) is 0 Å². The standard InChI is InChI=1S/C12H22S3/c1-11(2)9-14-7-5-13-6-8-15-10-12(3)4/h1,3,5-10H2,2,4H3. The molecule has 0 nitrogen and oxygen atoms in total. The van der Waals surface area contributed by atoms with Crippen LogP contribution in [0.15, 0.2) is 24.3 Å². The van der Waals surface area contributed by atoms with Gasteiger partial charge in [0.2, 0.25) is 0 Å². The van der Waals surface area contributed by atoms with Crippen molar-refractivity contribution in [1.29, 1.82) is 0 Å². The SMILES string of the molecule is C=C(C)CSCCSCCSCC(=C)C. The molecule has 0 aromatic rings. The van der Waals surface area contributed by atoms with Crippen LogP contribution >= 0.6 is 35.3 Å². The molecular formula is C12H22S3. The summed E-state index contributed by atoms with van der Waals surface area (Å²) in [4.78, 5) is 0. The first kappa shape index (κ1) is 15.5. The fraction of sp³-hybridized carbons (Fsp3) is 0.667. The Kier molecular flexibility index (Phi) is 11.4. The quantitative estimate of drug-likeness (QED) is 0.425. The van der Waals surface area contributed by atoms with E-state index in [9.17, 15) is 0 Å². The molecule has 15 heavy (non-hydrogen) atoms. The highest BCUT2D eigenvalue weighted by Gasteiger charge is 1.93. The van der Waals surface area contributed by atoms with E-state index in [1.807, 2.05) is 23.5 Å². The number of rotatable bonds is 10. The van der Waals surface area contributed by atoms with E-state index >= 15 is 0 Å². The Labute approximate surface area is 108 Å². The van der Waals surface area contributed by atoms with Crippen molar-refractivity contribution in [2.24, 2.45) is 0 Å². The van der Waals surface area contributed by atoms with Gasteiger partial charge in [0.05, 0.1) is 0 Å². The third kappa shape index (κ3) is 14.5. The Morgan fingerprint density at radius 2 is 1.07 bits per heavy atom. The summed E-state index contributed by atoms with van der Waals surface area (Å²) in [5.41, 5.74) is 2.56. The first-order valence-electron chi connectivity index (χ1n) is 5.15. The summed E-state index contributed by atoms with van der Waals surface area (Å²) in [5.74, 6) is 7.28. The van der Waals surface area contributed by atoms with Crippen molar-refractivity contribution in [2.75, 3.05) is 34.5 Å². The van der Waals surface area contributed by atoms with Crippen molar-refractivity contribution in [1.82, 2.24) is 0 Å². The van der Waals surface area contributed by atoms with E-state index < -0.39 is 0 Å². The molecule has 0 aliphatic carbocycles. The predicted molar refractivity (Wildman–Crippen MR) is 81.6 cm³/mol. The molecule has 3 heteroatoms. The molecule has 0 heterocycles. The fourth-order valence-corrected chi connectivity index (χ4v) is 3.91. The molecule has 0 aromatic carbocycles. The second-order valence-corrected chi connectivity index (χ2v) is 7.07. The van der Waals surface area contributed by atoms with Gasteiger partial charge in [-0.05, 0) is 13.8 Å². The lowest BCUT2D eigenvalue weighted by molar-refractivity contribution is 1.41. The zero-order valence-electron chi connectivity index (χ0n) is 9.88. The van der Waals surface area contributed by atoms with E-state index in [0.29, 0.717) is 0 Å². The van der Waals surface area contributed by atoms with Crippen LogP contribution in [-0.2, 0) is 0 Å². The Hall–Kier alpha value is 0.530. The Morgan fingerprint density at radius 3 is 1.40 bits per heavy atom. The largest absolute Gasteiger partial charge is 0.160 e. The highest BCUT2D eigenvalue weighted by atomic mass is 32.2. The molecule has 0 atom stereocenters. The van der Waals surface area contributed by atoms with Gasteiger partial charge >= 0.3 is 0 Å². The first-order chi connectivity index (χ1) is 7.13. The van der Waals surface area contributed by atoms with Gasteiger partial charge in [0, 0.05) is 34.5 Å². The minimum atomic E-state index is 1.12. The maximum atomic E-state index is 3.89. The second-order valence-electron chi connectivity index (χ2n) is 3.63. The summed E-state index contributed by atoms with van der Waals surface area (Å²) in [6.07, 6.45) is 0. The van der Waals surface area contributed by atoms with E-state index in [0.717, 1.165) is 11.5 Å². The summed E-state index contributed by atoms with van der Waals surface area (Å²) in [5, 5.41) is 0. The summed E-state index contributed by atoms with van der Waals surface area (Å²) in [6, 6.07) is 0. The molecule has 88 valence electrons. The lowest BCUT2D eigenvalue weighted by atomic mass is 10.4. The van der Waals surface area contributed by atoms with Crippen molar-refractivity contribution >= 4 is 35.3 Å². The molecular weight excluding hydrogens is 240 g/mol. The first-order valence-corrected chi connectivity index (χ1v) is 8.61. The van der Waals surface area contributed by atoms with Crippen LogP contribution < -0.4 is 0 Å². The van der Waals surface area contributed by atoms with E-state index in [-0.39, 0.29) is 0 Å². The molecule has 0 aliphatic rings. The van der Waals surface area contributed by atoms with Crippen LogP contribution in [0.1, 0.15) is 13.8 Å². The number of hydrogen-bond donors (Lipinski definition) is 0. The number of thioether (sulfide) groups is 3. The van der Waals surface area contributed by atoms with Crippen molar-refractivity contribution in [2.45, 2.75) is 13.8 Å². The second kappa shape index (κ2) is 11.0. The maximum absolute atomic E-state index is 3.89. The van der Waals surface area contributed by atoms with Crippen molar-refractivity contribution in [3.05, 3.63) is 24.3 Å². The predicted octanol–water partition coefficient (Wildman–Crippen LogP) is 4.34. The van der Waals surface area contributed by atoms with Crippen LogP contribution in [0.5, 0.6) is 0 Å². The van der Waals surface area contributed by atoms with Gasteiger partial charge in [-0.1, -0.05) is 24.3 Å². The van der Waals surface area contributed by atoms with Crippen LogP contribution in [0.25, 0.3) is 0 Å². The average molecular weight is 263 g/mol. The van der Waals surface area contributed by atoms with Crippen molar-refractivity contribution in [3.63, 3.8) is 0 Å². The fourth-order valence-electron chi connectivity index (χ4n) is 0.831. The molecule has 0 radical (unpaired) electrons. The van der Waals surface area contributed by atoms with Gasteiger partial charge in [-0.3, -0.25) is 0 Å². The Balaban J connectivity index is 2.99. The Bertz CT molecular complexity index is 167. The molecule has 0 N–H and O–H groups in total. The van der Waals surface area contributed by atoms with Gasteiger partial charge in [0.25, 0.3) is 0 Å². The maximum Gasteiger partial charge on any atom is 0.0138 e. The zero-order valence-corrected chi connectivity index (χ0v) is 12.3. The minimum absolute atomic E-state index is 1.12. The van der Waals surface area contributed by atoms with E-state index in [4.69, 9.17) is 0 Å². The molecule has 0 aliphatic heterocycles. The minimum Gasteiger partial charge on any atom is -0.160 e. The van der Waals surface area contributed by atoms with Gasteiger partial charge in [0.1, 0.15) is 0 Å².